The van der Waals surface area contributed by atoms with Gasteiger partial charge in [-0.2, -0.15) is 0 Å². The lowest BCUT2D eigenvalue weighted by Crippen LogP contribution is -2.05. The van der Waals surface area contributed by atoms with Gasteiger partial charge in [0.1, 0.15) is 12.8 Å². The SMILES string of the molecule is CCCCOC(=O)CC#CCC(=O)OCCCC. The molecule has 0 aromatic rings. The van der Waals surface area contributed by atoms with Crippen LogP contribution in [0.2, 0.25) is 0 Å². The largest absolute Gasteiger partial charge is 0.465 e. The summed E-state index contributed by atoms with van der Waals surface area (Å²) in [6, 6.07) is 0. The molecule has 0 aliphatic heterocycles. The fraction of sp³-hybridized carbons (Fsp3) is 0.714. The number of rotatable bonds is 8. The molecule has 0 aromatic carbocycles. The van der Waals surface area contributed by atoms with Gasteiger partial charge in [-0.3, -0.25) is 9.59 Å². The van der Waals surface area contributed by atoms with E-state index in [0.29, 0.717) is 13.2 Å². The highest BCUT2D eigenvalue weighted by Gasteiger charge is 2.00. The lowest BCUT2D eigenvalue weighted by molar-refractivity contribution is -0.143. The van der Waals surface area contributed by atoms with Crippen LogP contribution in [-0.4, -0.2) is 25.2 Å². The summed E-state index contributed by atoms with van der Waals surface area (Å²) in [6.07, 6.45) is 3.77. The normalized spacial score (nSPS) is 9.22. The van der Waals surface area contributed by atoms with Gasteiger partial charge in [0.25, 0.3) is 0 Å². The van der Waals surface area contributed by atoms with Crippen LogP contribution in [0.25, 0.3) is 0 Å². The molecule has 4 heteroatoms. The Morgan fingerprint density at radius 1 is 0.833 bits per heavy atom. The van der Waals surface area contributed by atoms with Crippen LogP contribution < -0.4 is 0 Å². The first kappa shape index (κ1) is 16.5. The Morgan fingerprint density at radius 3 is 1.56 bits per heavy atom. The molecule has 0 heterocycles. The molecule has 102 valence electrons. The van der Waals surface area contributed by atoms with Crippen molar-refractivity contribution < 1.29 is 19.1 Å². The van der Waals surface area contributed by atoms with E-state index < -0.39 is 0 Å². The minimum atomic E-state index is -0.338. The summed E-state index contributed by atoms with van der Waals surface area (Å²) in [5.41, 5.74) is 0. The quantitative estimate of drug-likeness (QED) is 0.379. The summed E-state index contributed by atoms with van der Waals surface area (Å²) < 4.78 is 9.82. The predicted molar refractivity (Wildman–Crippen MR) is 68.7 cm³/mol. The minimum absolute atomic E-state index is 0.0337. The molecule has 0 radical (unpaired) electrons. The molecule has 0 aliphatic rings. The van der Waals surface area contributed by atoms with E-state index in [0.717, 1.165) is 25.7 Å². The van der Waals surface area contributed by atoms with Gasteiger partial charge >= 0.3 is 11.9 Å². The van der Waals surface area contributed by atoms with E-state index in [4.69, 9.17) is 9.47 Å². The maximum absolute atomic E-state index is 11.1. The molecule has 0 amide bonds. The molecule has 0 N–H and O–H groups in total. The average molecular weight is 254 g/mol. The van der Waals surface area contributed by atoms with E-state index in [1.54, 1.807) is 0 Å². The van der Waals surface area contributed by atoms with Gasteiger partial charge in [-0.05, 0) is 12.8 Å². The number of hydrogen-bond acceptors (Lipinski definition) is 4. The average Bonchev–Trinajstić information content (AvgIpc) is 2.35. The summed E-state index contributed by atoms with van der Waals surface area (Å²) in [6.45, 7) is 4.93. The first-order valence-electron chi connectivity index (χ1n) is 6.47. The highest BCUT2D eigenvalue weighted by Crippen LogP contribution is 1.93. The molecular formula is C14H22O4. The number of esters is 2. The van der Waals surface area contributed by atoms with Gasteiger partial charge in [-0.15, -0.1) is 0 Å². The maximum Gasteiger partial charge on any atom is 0.317 e. The molecule has 18 heavy (non-hydrogen) atoms. The van der Waals surface area contributed by atoms with Crippen molar-refractivity contribution in [3.05, 3.63) is 0 Å². The third kappa shape index (κ3) is 11.0. The van der Waals surface area contributed by atoms with E-state index in [-0.39, 0.29) is 24.8 Å². The molecule has 0 spiro atoms. The topological polar surface area (TPSA) is 52.6 Å². The number of carbonyl (C=O) groups excluding carboxylic acids is 2. The molecule has 0 aromatic heterocycles. The highest BCUT2D eigenvalue weighted by atomic mass is 16.5. The monoisotopic (exact) mass is 254 g/mol. The van der Waals surface area contributed by atoms with Crippen LogP contribution >= 0.6 is 0 Å². The van der Waals surface area contributed by atoms with Gasteiger partial charge in [0.2, 0.25) is 0 Å². The number of unbranched alkanes of at least 4 members (excludes halogenated alkanes) is 2. The molecule has 0 bridgehead atoms. The zero-order chi connectivity index (χ0) is 13.6. The Bertz CT molecular complexity index is 271. The predicted octanol–water partition coefficient (Wildman–Crippen LogP) is 2.46. The lowest BCUT2D eigenvalue weighted by atomic mass is 10.3. The third-order valence-electron chi connectivity index (χ3n) is 2.11. The van der Waals surface area contributed by atoms with Gasteiger partial charge in [0, 0.05) is 0 Å². The molecule has 0 saturated carbocycles. The zero-order valence-electron chi connectivity index (χ0n) is 11.3. The summed E-state index contributed by atoms with van der Waals surface area (Å²) in [7, 11) is 0. The van der Waals surface area contributed by atoms with Gasteiger partial charge in [0.05, 0.1) is 13.2 Å². The van der Waals surface area contributed by atoms with Crippen LogP contribution in [0.5, 0.6) is 0 Å². The van der Waals surface area contributed by atoms with Gasteiger partial charge in [-0.1, -0.05) is 38.5 Å². The van der Waals surface area contributed by atoms with Gasteiger partial charge in [-0.25, -0.2) is 0 Å². The Hall–Kier alpha value is -1.50. The second-order valence-electron chi connectivity index (χ2n) is 3.86. The molecule has 4 nitrogen and oxygen atoms in total. The standard InChI is InChI=1S/C14H22O4/c1-3-5-11-17-13(15)9-7-8-10-14(16)18-12-6-4-2/h3-6,9-12H2,1-2H3. The Balaban J connectivity index is 3.58. The first-order valence-corrected chi connectivity index (χ1v) is 6.47. The van der Waals surface area contributed by atoms with Crippen molar-refractivity contribution >= 4 is 11.9 Å². The second-order valence-corrected chi connectivity index (χ2v) is 3.86. The van der Waals surface area contributed by atoms with Gasteiger partial charge in [0.15, 0.2) is 0 Å². The number of carbonyl (C=O) groups is 2. The van der Waals surface area contributed by atoms with E-state index in [2.05, 4.69) is 11.8 Å². The molecule has 0 unspecified atom stereocenters. The summed E-state index contributed by atoms with van der Waals surface area (Å²) in [5.74, 6) is 4.54. The maximum atomic E-state index is 11.1. The molecule has 0 aliphatic carbocycles. The zero-order valence-corrected chi connectivity index (χ0v) is 11.3. The van der Waals surface area contributed by atoms with Crippen LogP contribution in [-0.2, 0) is 19.1 Å². The smallest absolute Gasteiger partial charge is 0.317 e. The minimum Gasteiger partial charge on any atom is -0.465 e. The third-order valence-corrected chi connectivity index (χ3v) is 2.11. The molecule has 0 fully saturated rings. The Labute approximate surface area is 109 Å². The Morgan fingerprint density at radius 2 is 1.22 bits per heavy atom. The summed E-state index contributed by atoms with van der Waals surface area (Å²) in [5, 5.41) is 0. The lowest BCUT2D eigenvalue weighted by Gasteiger charge is -2.00. The van der Waals surface area contributed by atoms with Crippen molar-refractivity contribution in [1.82, 2.24) is 0 Å². The van der Waals surface area contributed by atoms with Crippen LogP contribution in [0.3, 0.4) is 0 Å². The highest BCUT2D eigenvalue weighted by molar-refractivity contribution is 5.74. The van der Waals surface area contributed by atoms with Crippen molar-refractivity contribution in [2.45, 2.75) is 52.4 Å². The Kier molecular flexibility index (Phi) is 11.0. The number of hydrogen-bond donors (Lipinski definition) is 0. The molecule has 0 atom stereocenters. The molecular weight excluding hydrogens is 232 g/mol. The van der Waals surface area contributed by atoms with Crippen molar-refractivity contribution in [2.24, 2.45) is 0 Å². The van der Waals surface area contributed by atoms with Crippen LogP contribution in [0.4, 0.5) is 0 Å². The van der Waals surface area contributed by atoms with Crippen LogP contribution in [0.1, 0.15) is 52.4 Å². The van der Waals surface area contributed by atoms with E-state index >= 15 is 0 Å². The van der Waals surface area contributed by atoms with Crippen LogP contribution in [0.15, 0.2) is 0 Å². The fourth-order valence-electron chi connectivity index (χ4n) is 1.03. The van der Waals surface area contributed by atoms with Crippen molar-refractivity contribution in [3.8, 4) is 11.8 Å². The van der Waals surface area contributed by atoms with Gasteiger partial charge < -0.3 is 9.47 Å². The fourth-order valence-corrected chi connectivity index (χ4v) is 1.03. The first-order chi connectivity index (χ1) is 8.70. The number of ether oxygens (including phenoxy) is 2. The molecule has 0 rings (SSSR count). The van der Waals surface area contributed by atoms with E-state index in [1.807, 2.05) is 13.8 Å². The van der Waals surface area contributed by atoms with E-state index in [9.17, 15) is 9.59 Å². The molecule has 0 saturated heterocycles. The van der Waals surface area contributed by atoms with Crippen LogP contribution in [0, 0.1) is 11.8 Å². The summed E-state index contributed by atoms with van der Waals surface area (Å²) in [4.78, 5) is 22.3. The summed E-state index contributed by atoms with van der Waals surface area (Å²) >= 11 is 0. The van der Waals surface area contributed by atoms with E-state index in [1.165, 1.54) is 0 Å². The van der Waals surface area contributed by atoms with Crippen molar-refractivity contribution in [1.29, 1.82) is 0 Å². The van der Waals surface area contributed by atoms with Crippen molar-refractivity contribution in [2.75, 3.05) is 13.2 Å². The van der Waals surface area contributed by atoms with Crippen molar-refractivity contribution in [3.63, 3.8) is 0 Å². The second kappa shape index (κ2) is 12.0.